The van der Waals surface area contributed by atoms with Gasteiger partial charge in [0.2, 0.25) is 5.91 Å². The first kappa shape index (κ1) is 18.6. The molecule has 2 amide bonds. The molecule has 6 heteroatoms. The number of benzene rings is 1. The van der Waals surface area contributed by atoms with Crippen LogP contribution in [-0.2, 0) is 11.2 Å². The van der Waals surface area contributed by atoms with Crippen LogP contribution in [0.25, 0.3) is 0 Å². The summed E-state index contributed by atoms with van der Waals surface area (Å²) >= 11 is 0. The smallest absolute Gasteiger partial charge is 0.251 e. The summed E-state index contributed by atoms with van der Waals surface area (Å²) in [7, 11) is 0. The lowest BCUT2D eigenvalue weighted by atomic mass is 10.1. The molecule has 6 nitrogen and oxygen atoms in total. The predicted molar refractivity (Wildman–Crippen MR) is 101 cm³/mol. The van der Waals surface area contributed by atoms with Crippen molar-refractivity contribution < 1.29 is 9.59 Å². The van der Waals surface area contributed by atoms with E-state index in [0.29, 0.717) is 24.0 Å². The zero-order valence-corrected chi connectivity index (χ0v) is 15.0. The van der Waals surface area contributed by atoms with Crippen LogP contribution in [-0.4, -0.2) is 28.9 Å². The van der Waals surface area contributed by atoms with Crippen molar-refractivity contribution in [1.82, 2.24) is 15.6 Å². The van der Waals surface area contributed by atoms with E-state index in [0.717, 1.165) is 24.8 Å². The van der Waals surface area contributed by atoms with Gasteiger partial charge in [0.1, 0.15) is 0 Å². The second-order valence-corrected chi connectivity index (χ2v) is 6.80. The van der Waals surface area contributed by atoms with E-state index in [1.54, 1.807) is 36.7 Å². The summed E-state index contributed by atoms with van der Waals surface area (Å²) in [5, 5.41) is 15.0. The fraction of sp³-hybridized carbons (Fsp3) is 0.333. The number of pyridine rings is 1. The number of nitrogens with one attached hydrogen (secondary N) is 2. The van der Waals surface area contributed by atoms with Gasteiger partial charge in [0.15, 0.2) is 0 Å². The number of hydrogen-bond acceptors (Lipinski definition) is 4. The fourth-order valence-electron chi connectivity index (χ4n) is 3.35. The van der Waals surface area contributed by atoms with Crippen molar-refractivity contribution in [2.45, 2.75) is 44.2 Å². The number of amides is 2. The number of carbonyl (C=O) groups is 2. The number of nitriles is 1. The molecule has 0 aliphatic heterocycles. The number of hydrogen-bond donors (Lipinski definition) is 2. The maximum absolute atomic E-state index is 12.3. The van der Waals surface area contributed by atoms with Crippen LogP contribution < -0.4 is 10.6 Å². The van der Waals surface area contributed by atoms with Crippen LogP contribution in [0.3, 0.4) is 0 Å². The fourth-order valence-corrected chi connectivity index (χ4v) is 3.35. The van der Waals surface area contributed by atoms with Gasteiger partial charge in [0.05, 0.1) is 11.6 Å². The monoisotopic (exact) mass is 362 g/mol. The molecular formula is C21H22N4O2. The molecule has 0 bridgehead atoms. The second-order valence-electron chi connectivity index (χ2n) is 6.80. The highest BCUT2D eigenvalue weighted by Crippen LogP contribution is 2.20. The van der Waals surface area contributed by atoms with E-state index < -0.39 is 0 Å². The first-order valence-corrected chi connectivity index (χ1v) is 9.13. The van der Waals surface area contributed by atoms with Gasteiger partial charge in [-0.2, -0.15) is 5.26 Å². The maximum Gasteiger partial charge on any atom is 0.251 e. The van der Waals surface area contributed by atoms with Crippen LogP contribution in [0.2, 0.25) is 0 Å². The van der Waals surface area contributed by atoms with Crippen molar-refractivity contribution in [1.29, 1.82) is 5.26 Å². The highest BCUT2D eigenvalue weighted by Gasteiger charge is 2.27. The van der Waals surface area contributed by atoms with Crippen LogP contribution in [0.15, 0.2) is 48.8 Å². The Bertz CT molecular complexity index is 845. The Morgan fingerprint density at radius 1 is 1.11 bits per heavy atom. The summed E-state index contributed by atoms with van der Waals surface area (Å²) < 4.78 is 0. The Morgan fingerprint density at radius 3 is 2.59 bits per heavy atom. The van der Waals surface area contributed by atoms with Gasteiger partial charge in [-0.1, -0.05) is 6.07 Å². The van der Waals surface area contributed by atoms with Crippen molar-refractivity contribution in [2.75, 3.05) is 0 Å². The first-order valence-electron chi connectivity index (χ1n) is 9.13. The summed E-state index contributed by atoms with van der Waals surface area (Å²) in [5.74, 6) is -0.146. The zero-order valence-electron chi connectivity index (χ0n) is 15.0. The van der Waals surface area contributed by atoms with E-state index in [1.165, 1.54) is 0 Å². The Hall–Kier alpha value is -3.20. The first-order chi connectivity index (χ1) is 13.1. The van der Waals surface area contributed by atoms with Crippen LogP contribution in [0.5, 0.6) is 0 Å². The van der Waals surface area contributed by atoms with Gasteiger partial charge >= 0.3 is 0 Å². The minimum Gasteiger partial charge on any atom is -0.353 e. The van der Waals surface area contributed by atoms with E-state index in [-0.39, 0.29) is 23.9 Å². The largest absolute Gasteiger partial charge is 0.353 e. The minimum atomic E-state index is -0.179. The van der Waals surface area contributed by atoms with Crippen LogP contribution in [0.4, 0.5) is 0 Å². The molecule has 2 aromatic rings. The third kappa shape index (κ3) is 5.38. The predicted octanol–water partition coefficient (Wildman–Crippen LogP) is 2.35. The molecule has 2 atom stereocenters. The summed E-state index contributed by atoms with van der Waals surface area (Å²) in [5.41, 5.74) is 2.05. The normalized spacial score (nSPS) is 18.5. The molecule has 138 valence electrons. The molecule has 27 heavy (non-hydrogen) atoms. The lowest BCUT2D eigenvalue weighted by Crippen LogP contribution is -2.37. The van der Waals surface area contributed by atoms with Crippen molar-refractivity contribution >= 4 is 11.8 Å². The van der Waals surface area contributed by atoms with Gasteiger partial charge in [0.25, 0.3) is 5.91 Å². The van der Waals surface area contributed by atoms with Crippen molar-refractivity contribution in [3.63, 3.8) is 0 Å². The summed E-state index contributed by atoms with van der Waals surface area (Å²) in [6.45, 7) is 0. The van der Waals surface area contributed by atoms with E-state index in [9.17, 15) is 9.59 Å². The Morgan fingerprint density at radius 2 is 1.85 bits per heavy atom. The Kier molecular flexibility index (Phi) is 6.16. The molecule has 0 unspecified atom stereocenters. The molecule has 1 aromatic carbocycles. The lowest BCUT2D eigenvalue weighted by Gasteiger charge is -2.15. The van der Waals surface area contributed by atoms with Crippen LogP contribution >= 0.6 is 0 Å². The third-order valence-corrected chi connectivity index (χ3v) is 4.78. The summed E-state index contributed by atoms with van der Waals surface area (Å²) in [6.07, 6.45) is 7.00. The maximum atomic E-state index is 12.3. The van der Waals surface area contributed by atoms with Crippen molar-refractivity contribution in [2.24, 2.45) is 0 Å². The molecule has 1 aromatic heterocycles. The molecule has 0 spiro atoms. The number of aryl methyl sites for hydroxylation is 1. The van der Waals surface area contributed by atoms with Gasteiger partial charge in [0, 0.05) is 36.5 Å². The molecule has 1 fully saturated rings. The molecule has 0 saturated heterocycles. The Balaban J connectivity index is 1.43. The quantitative estimate of drug-likeness (QED) is 0.825. The average molecular weight is 362 g/mol. The molecule has 1 aliphatic rings. The van der Waals surface area contributed by atoms with E-state index in [1.807, 2.05) is 18.2 Å². The van der Waals surface area contributed by atoms with Crippen LogP contribution in [0, 0.1) is 11.3 Å². The highest BCUT2D eigenvalue weighted by molar-refractivity contribution is 5.94. The summed E-state index contributed by atoms with van der Waals surface area (Å²) in [4.78, 5) is 28.5. The zero-order chi connectivity index (χ0) is 19.1. The number of rotatable bonds is 6. The Labute approximate surface area is 158 Å². The lowest BCUT2D eigenvalue weighted by molar-refractivity contribution is -0.121. The van der Waals surface area contributed by atoms with Gasteiger partial charge in [-0.05, 0) is 61.6 Å². The van der Waals surface area contributed by atoms with E-state index >= 15 is 0 Å². The van der Waals surface area contributed by atoms with Gasteiger partial charge in [-0.3, -0.25) is 14.6 Å². The molecule has 1 aliphatic carbocycles. The molecule has 3 rings (SSSR count). The van der Waals surface area contributed by atoms with E-state index in [2.05, 4.69) is 15.6 Å². The van der Waals surface area contributed by atoms with Crippen LogP contribution in [0.1, 0.15) is 47.2 Å². The van der Waals surface area contributed by atoms with Crippen molar-refractivity contribution in [3.05, 3.63) is 65.5 Å². The van der Waals surface area contributed by atoms with Gasteiger partial charge in [-0.15, -0.1) is 0 Å². The second kappa shape index (κ2) is 8.95. The SMILES string of the molecule is N#Cc1cccc(C(=O)N[C@H]2CC[C@@H](NC(=O)CCc3ccncc3)C2)c1. The molecule has 0 radical (unpaired) electrons. The van der Waals surface area contributed by atoms with Crippen molar-refractivity contribution in [3.8, 4) is 6.07 Å². The van der Waals surface area contributed by atoms with E-state index in [4.69, 9.17) is 5.26 Å². The molecular weight excluding hydrogens is 340 g/mol. The van der Waals surface area contributed by atoms with Gasteiger partial charge < -0.3 is 10.6 Å². The molecule has 2 N–H and O–H groups in total. The standard InChI is InChI=1S/C21H22N4O2/c22-14-16-2-1-3-17(12-16)21(27)25-19-6-5-18(13-19)24-20(26)7-4-15-8-10-23-11-9-15/h1-3,8-12,18-19H,4-7,13H2,(H,24,26)(H,25,27)/t18-,19+/m1/s1. The average Bonchev–Trinajstić information content (AvgIpc) is 3.13. The highest BCUT2D eigenvalue weighted by atomic mass is 16.2. The van der Waals surface area contributed by atoms with Gasteiger partial charge in [-0.25, -0.2) is 0 Å². The topological polar surface area (TPSA) is 94.9 Å². The number of carbonyl (C=O) groups excluding carboxylic acids is 2. The molecule has 1 heterocycles. The third-order valence-electron chi connectivity index (χ3n) is 4.78. The minimum absolute atomic E-state index is 0.0329. The number of aromatic nitrogens is 1. The summed E-state index contributed by atoms with van der Waals surface area (Å²) in [6, 6.07) is 12.6. The number of nitrogens with zero attached hydrogens (tertiary/aromatic N) is 2. The molecule has 1 saturated carbocycles.